The van der Waals surface area contributed by atoms with E-state index in [1.54, 1.807) is 30.3 Å². The number of nitrogens with one attached hydrogen (secondary N) is 1. The van der Waals surface area contributed by atoms with E-state index in [4.69, 9.17) is 21.1 Å². The second-order valence-corrected chi connectivity index (χ2v) is 6.90. The topological polar surface area (TPSA) is 103 Å². The van der Waals surface area contributed by atoms with Crippen LogP contribution in [0, 0.1) is 10.1 Å². The minimum atomic E-state index is -0.682. The number of nitro benzene ring substituents is 1. The predicted octanol–water partition coefficient (Wildman–Crippen LogP) is 4.99. The summed E-state index contributed by atoms with van der Waals surface area (Å²) in [5.41, 5.74) is 3.42. The average molecular weight is 454 g/mol. The quantitative estimate of drug-likeness (QED) is 0.279. The van der Waals surface area contributed by atoms with Crippen molar-refractivity contribution >= 4 is 29.4 Å². The van der Waals surface area contributed by atoms with Crippen LogP contribution in [0.25, 0.3) is 0 Å². The number of ether oxygens (including phenoxy) is 2. The van der Waals surface area contributed by atoms with Gasteiger partial charge in [0.1, 0.15) is 12.2 Å². The molecule has 0 atom stereocenters. The molecule has 0 saturated heterocycles. The van der Waals surface area contributed by atoms with Gasteiger partial charge in [0.05, 0.1) is 17.7 Å². The third-order valence-corrected chi connectivity index (χ3v) is 4.70. The SMILES string of the molecule is CCOc1cc(/C=N\NC(=O)c2ccccc2[N+](=O)[O-])ccc1OCc1ccccc1Cl. The summed E-state index contributed by atoms with van der Waals surface area (Å²) in [5, 5.41) is 15.6. The highest BCUT2D eigenvalue weighted by atomic mass is 35.5. The molecule has 8 nitrogen and oxygen atoms in total. The number of benzene rings is 3. The highest BCUT2D eigenvalue weighted by Gasteiger charge is 2.18. The van der Waals surface area contributed by atoms with E-state index in [-0.39, 0.29) is 17.9 Å². The normalized spacial score (nSPS) is 10.7. The van der Waals surface area contributed by atoms with Gasteiger partial charge in [0.25, 0.3) is 11.6 Å². The zero-order chi connectivity index (χ0) is 22.9. The molecule has 0 bridgehead atoms. The smallest absolute Gasteiger partial charge is 0.282 e. The second kappa shape index (κ2) is 10.9. The van der Waals surface area contributed by atoms with Crippen molar-refractivity contribution in [2.75, 3.05) is 6.61 Å². The standard InChI is InChI=1S/C23H20ClN3O5/c1-2-31-22-13-16(11-12-21(22)32-15-17-7-3-5-9-19(17)24)14-25-26-23(28)18-8-4-6-10-20(18)27(29)30/h3-14H,2,15H2,1H3,(H,26,28)/b25-14-. The Morgan fingerprint density at radius 1 is 1.09 bits per heavy atom. The fourth-order valence-electron chi connectivity index (χ4n) is 2.81. The molecular weight excluding hydrogens is 434 g/mol. The zero-order valence-corrected chi connectivity index (χ0v) is 17.9. The lowest BCUT2D eigenvalue weighted by atomic mass is 10.2. The molecular formula is C23H20ClN3O5. The van der Waals surface area contributed by atoms with E-state index in [1.165, 1.54) is 24.4 Å². The van der Waals surface area contributed by atoms with Crippen LogP contribution in [-0.4, -0.2) is 23.7 Å². The van der Waals surface area contributed by atoms with Gasteiger partial charge in [0.2, 0.25) is 0 Å². The van der Waals surface area contributed by atoms with Gasteiger partial charge < -0.3 is 9.47 Å². The monoisotopic (exact) mass is 453 g/mol. The molecule has 1 N–H and O–H groups in total. The largest absolute Gasteiger partial charge is 0.490 e. The lowest BCUT2D eigenvalue weighted by Crippen LogP contribution is -2.18. The molecule has 0 saturated carbocycles. The van der Waals surface area contributed by atoms with Crippen LogP contribution < -0.4 is 14.9 Å². The molecule has 32 heavy (non-hydrogen) atoms. The molecule has 1 amide bonds. The Labute approximate surface area is 189 Å². The van der Waals surface area contributed by atoms with Crippen LogP contribution >= 0.6 is 11.6 Å². The van der Waals surface area contributed by atoms with E-state index >= 15 is 0 Å². The van der Waals surface area contributed by atoms with E-state index in [0.29, 0.717) is 28.7 Å². The van der Waals surface area contributed by atoms with Crippen LogP contribution in [0.4, 0.5) is 5.69 Å². The molecule has 0 aliphatic rings. The minimum absolute atomic E-state index is 0.0759. The number of carbonyl (C=O) groups excluding carboxylic acids is 1. The van der Waals surface area contributed by atoms with Gasteiger partial charge in [-0.3, -0.25) is 14.9 Å². The van der Waals surface area contributed by atoms with Gasteiger partial charge in [-0.05, 0) is 42.8 Å². The summed E-state index contributed by atoms with van der Waals surface area (Å²) in [6, 6.07) is 18.2. The fourth-order valence-corrected chi connectivity index (χ4v) is 3.00. The van der Waals surface area contributed by atoms with Crippen LogP contribution in [0.5, 0.6) is 11.5 Å². The van der Waals surface area contributed by atoms with E-state index < -0.39 is 10.8 Å². The number of hydrazone groups is 1. The van der Waals surface area contributed by atoms with Gasteiger partial charge in [-0.2, -0.15) is 5.10 Å². The van der Waals surface area contributed by atoms with E-state index in [0.717, 1.165) is 5.56 Å². The van der Waals surface area contributed by atoms with Crippen molar-refractivity contribution in [2.24, 2.45) is 5.10 Å². The number of hydrogen-bond donors (Lipinski definition) is 1. The number of rotatable bonds is 9. The Morgan fingerprint density at radius 3 is 2.59 bits per heavy atom. The maximum Gasteiger partial charge on any atom is 0.282 e. The van der Waals surface area contributed by atoms with Crippen molar-refractivity contribution in [3.8, 4) is 11.5 Å². The van der Waals surface area contributed by atoms with Crippen LogP contribution in [0.3, 0.4) is 0 Å². The van der Waals surface area contributed by atoms with E-state index in [1.807, 2.05) is 25.1 Å². The number of nitrogens with zero attached hydrogens (tertiary/aromatic N) is 2. The van der Waals surface area contributed by atoms with Gasteiger partial charge in [-0.1, -0.05) is 41.9 Å². The first-order valence-electron chi connectivity index (χ1n) is 9.69. The van der Waals surface area contributed by atoms with Gasteiger partial charge in [-0.15, -0.1) is 0 Å². The number of nitro groups is 1. The van der Waals surface area contributed by atoms with Crippen molar-refractivity contribution < 1.29 is 19.2 Å². The molecule has 0 heterocycles. The molecule has 0 aliphatic carbocycles. The molecule has 3 aromatic carbocycles. The molecule has 3 aromatic rings. The molecule has 3 rings (SSSR count). The lowest BCUT2D eigenvalue weighted by Gasteiger charge is -2.13. The first kappa shape index (κ1) is 22.8. The van der Waals surface area contributed by atoms with Crippen LogP contribution in [-0.2, 0) is 6.61 Å². The molecule has 0 aromatic heterocycles. The number of carbonyl (C=O) groups is 1. The summed E-state index contributed by atoms with van der Waals surface area (Å²) in [7, 11) is 0. The third kappa shape index (κ3) is 5.83. The van der Waals surface area contributed by atoms with Crippen LogP contribution in [0.2, 0.25) is 5.02 Å². The number of hydrogen-bond acceptors (Lipinski definition) is 6. The fraction of sp³-hybridized carbons (Fsp3) is 0.130. The summed E-state index contributed by atoms with van der Waals surface area (Å²) >= 11 is 6.17. The average Bonchev–Trinajstić information content (AvgIpc) is 2.79. The summed E-state index contributed by atoms with van der Waals surface area (Å²) in [4.78, 5) is 22.7. The first-order valence-corrected chi connectivity index (χ1v) is 10.1. The summed E-state index contributed by atoms with van der Waals surface area (Å²) < 4.78 is 11.5. The Morgan fingerprint density at radius 2 is 1.84 bits per heavy atom. The maximum absolute atomic E-state index is 12.2. The Kier molecular flexibility index (Phi) is 7.77. The zero-order valence-electron chi connectivity index (χ0n) is 17.2. The van der Waals surface area contributed by atoms with Crippen LogP contribution in [0.1, 0.15) is 28.4 Å². The molecule has 0 unspecified atom stereocenters. The van der Waals surface area contributed by atoms with E-state index in [2.05, 4.69) is 10.5 Å². The summed E-state index contributed by atoms with van der Waals surface area (Å²) in [6.45, 7) is 2.56. The van der Waals surface area contributed by atoms with E-state index in [9.17, 15) is 14.9 Å². The van der Waals surface area contributed by atoms with Crippen molar-refractivity contribution in [2.45, 2.75) is 13.5 Å². The van der Waals surface area contributed by atoms with Gasteiger partial charge in [0, 0.05) is 16.7 Å². The minimum Gasteiger partial charge on any atom is -0.490 e. The highest BCUT2D eigenvalue weighted by molar-refractivity contribution is 6.31. The first-order chi connectivity index (χ1) is 15.5. The van der Waals surface area contributed by atoms with Gasteiger partial charge >= 0.3 is 0 Å². The van der Waals surface area contributed by atoms with Crippen molar-refractivity contribution in [1.82, 2.24) is 5.43 Å². The summed E-state index contributed by atoms with van der Waals surface area (Å²) in [5.74, 6) is 0.361. The van der Waals surface area contributed by atoms with Crippen molar-refractivity contribution in [1.29, 1.82) is 0 Å². The Balaban J connectivity index is 1.70. The second-order valence-electron chi connectivity index (χ2n) is 6.49. The molecule has 0 radical (unpaired) electrons. The predicted molar refractivity (Wildman–Crippen MR) is 122 cm³/mol. The van der Waals surface area contributed by atoms with Crippen LogP contribution in [0.15, 0.2) is 71.8 Å². The Hall–Kier alpha value is -3.91. The number of halogens is 1. The van der Waals surface area contributed by atoms with Gasteiger partial charge in [-0.25, -0.2) is 5.43 Å². The maximum atomic E-state index is 12.2. The number of amides is 1. The molecule has 164 valence electrons. The van der Waals surface area contributed by atoms with Gasteiger partial charge in [0.15, 0.2) is 11.5 Å². The lowest BCUT2D eigenvalue weighted by molar-refractivity contribution is -0.385. The van der Waals surface area contributed by atoms with Crippen molar-refractivity contribution in [3.63, 3.8) is 0 Å². The molecule has 0 fully saturated rings. The third-order valence-electron chi connectivity index (χ3n) is 4.33. The molecule has 0 spiro atoms. The highest BCUT2D eigenvalue weighted by Crippen LogP contribution is 2.29. The molecule has 0 aliphatic heterocycles. The van der Waals surface area contributed by atoms with Crippen molar-refractivity contribution in [3.05, 3.63) is 98.6 Å². The summed E-state index contributed by atoms with van der Waals surface area (Å²) in [6.07, 6.45) is 1.41. The molecule has 9 heteroatoms. The number of para-hydroxylation sites is 1. The Bertz CT molecular complexity index is 1150.